The Hall–Kier alpha value is -0.770. The number of hydrogen-bond acceptors (Lipinski definition) is 2. The summed E-state index contributed by atoms with van der Waals surface area (Å²) in [5, 5.41) is 11.8. The molecule has 1 rings (SSSR count). The Kier molecular flexibility index (Phi) is 4.39. The number of carbonyl (C=O) groups excluding carboxylic acids is 1. The van der Waals surface area contributed by atoms with Crippen LogP contribution in [0.4, 0.5) is 0 Å². The van der Waals surface area contributed by atoms with Crippen LogP contribution in [0.3, 0.4) is 0 Å². The SMILES string of the molecule is O=C(CCl)NC1(C(=O)O)CCCCCC1. The van der Waals surface area contributed by atoms with E-state index >= 15 is 0 Å². The number of alkyl halides is 1. The summed E-state index contributed by atoms with van der Waals surface area (Å²) in [7, 11) is 0. The minimum atomic E-state index is -1.08. The van der Waals surface area contributed by atoms with Gasteiger partial charge in [-0.2, -0.15) is 0 Å². The first-order valence-corrected chi connectivity index (χ1v) is 5.74. The van der Waals surface area contributed by atoms with Crippen molar-refractivity contribution >= 4 is 23.5 Å². The van der Waals surface area contributed by atoms with E-state index in [2.05, 4.69) is 5.32 Å². The summed E-state index contributed by atoms with van der Waals surface area (Å²) in [6, 6.07) is 0. The fourth-order valence-electron chi connectivity index (χ4n) is 2.02. The van der Waals surface area contributed by atoms with Gasteiger partial charge in [0, 0.05) is 0 Å². The minimum Gasteiger partial charge on any atom is -0.480 e. The van der Waals surface area contributed by atoms with Crippen LogP contribution in [0.25, 0.3) is 0 Å². The minimum absolute atomic E-state index is 0.185. The lowest BCUT2D eigenvalue weighted by Crippen LogP contribution is -2.54. The zero-order chi connectivity index (χ0) is 11.3. The third-order valence-electron chi connectivity index (χ3n) is 2.87. The monoisotopic (exact) mass is 233 g/mol. The third-order valence-corrected chi connectivity index (χ3v) is 3.11. The van der Waals surface area contributed by atoms with Crippen molar-refractivity contribution in [3.8, 4) is 0 Å². The molecule has 4 nitrogen and oxygen atoms in total. The highest BCUT2D eigenvalue weighted by Crippen LogP contribution is 2.27. The molecule has 1 saturated carbocycles. The number of aliphatic carboxylic acids is 1. The number of halogens is 1. The topological polar surface area (TPSA) is 66.4 Å². The van der Waals surface area contributed by atoms with Crippen LogP contribution in [0.5, 0.6) is 0 Å². The first-order valence-electron chi connectivity index (χ1n) is 5.21. The first kappa shape index (κ1) is 12.3. The van der Waals surface area contributed by atoms with Gasteiger partial charge in [0.25, 0.3) is 0 Å². The first-order chi connectivity index (χ1) is 7.10. The molecule has 1 fully saturated rings. The number of carbonyl (C=O) groups is 2. The van der Waals surface area contributed by atoms with Crippen LogP contribution < -0.4 is 5.32 Å². The zero-order valence-corrected chi connectivity index (χ0v) is 9.35. The lowest BCUT2D eigenvalue weighted by molar-refractivity contribution is -0.148. The van der Waals surface area contributed by atoms with Gasteiger partial charge in [-0.3, -0.25) is 4.79 Å². The molecule has 0 aromatic carbocycles. The van der Waals surface area contributed by atoms with Gasteiger partial charge in [-0.05, 0) is 12.8 Å². The van der Waals surface area contributed by atoms with E-state index in [-0.39, 0.29) is 5.88 Å². The number of amides is 1. The maximum atomic E-state index is 11.2. The molecular weight excluding hydrogens is 218 g/mol. The predicted octanol–water partition coefficient (Wildman–Crippen LogP) is 1.52. The van der Waals surface area contributed by atoms with Gasteiger partial charge in [-0.15, -0.1) is 11.6 Å². The molecule has 1 amide bonds. The third kappa shape index (κ3) is 3.09. The summed E-state index contributed by atoms with van der Waals surface area (Å²) in [4.78, 5) is 22.4. The Morgan fingerprint density at radius 2 is 1.73 bits per heavy atom. The fraction of sp³-hybridized carbons (Fsp3) is 0.800. The molecule has 5 heteroatoms. The molecule has 0 bridgehead atoms. The Balaban J connectivity index is 2.75. The van der Waals surface area contributed by atoms with Gasteiger partial charge in [-0.1, -0.05) is 25.7 Å². The van der Waals surface area contributed by atoms with Crippen molar-refractivity contribution in [2.75, 3.05) is 5.88 Å². The van der Waals surface area contributed by atoms with Gasteiger partial charge in [0.1, 0.15) is 11.4 Å². The summed E-state index contributed by atoms with van der Waals surface area (Å²) < 4.78 is 0. The van der Waals surface area contributed by atoms with E-state index in [1.165, 1.54) is 0 Å². The van der Waals surface area contributed by atoms with Gasteiger partial charge in [-0.25, -0.2) is 4.79 Å². The highest BCUT2D eigenvalue weighted by molar-refractivity contribution is 6.27. The normalized spacial score (nSPS) is 20.3. The Morgan fingerprint density at radius 1 is 1.20 bits per heavy atom. The fourth-order valence-corrected chi connectivity index (χ4v) is 2.09. The molecule has 0 aromatic heterocycles. The highest BCUT2D eigenvalue weighted by Gasteiger charge is 2.39. The maximum Gasteiger partial charge on any atom is 0.329 e. The van der Waals surface area contributed by atoms with Gasteiger partial charge >= 0.3 is 5.97 Å². The van der Waals surface area contributed by atoms with Gasteiger partial charge in [0.05, 0.1) is 0 Å². The number of nitrogens with one attached hydrogen (secondary N) is 1. The molecule has 0 aromatic rings. The van der Waals surface area contributed by atoms with Crippen molar-refractivity contribution in [3.05, 3.63) is 0 Å². The second kappa shape index (κ2) is 5.35. The maximum absolute atomic E-state index is 11.2. The van der Waals surface area contributed by atoms with Gasteiger partial charge in [0.2, 0.25) is 5.91 Å². The van der Waals surface area contributed by atoms with Crippen molar-refractivity contribution in [1.82, 2.24) is 5.32 Å². The van der Waals surface area contributed by atoms with Crippen LogP contribution >= 0.6 is 11.6 Å². The molecular formula is C10H16ClNO3. The summed E-state index contributed by atoms with van der Waals surface area (Å²) in [6.07, 6.45) is 4.76. The molecule has 0 spiro atoms. The molecule has 0 atom stereocenters. The molecule has 15 heavy (non-hydrogen) atoms. The van der Waals surface area contributed by atoms with Crippen molar-refractivity contribution < 1.29 is 14.7 Å². The van der Waals surface area contributed by atoms with E-state index in [0.29, 0.717) is 12.8 Å². The van der Waals surface area contributed by atoms with Crippen molar-refractivity contribution in [3.63, 3.8) is 0 Å². The molecule has 86 valence electrons. The van der Waals surface area contributed by atoms with Crippen LogP contribution in [0.15, 0.2) is 0 Å². The van der Waals surface area contributed by atoms with E-state index < -0.39 is 17.4 Å². The quantitative estimate of drug-likeness (QED) is 0.574. The molecule has 0 radical (unpaired) electrons. The number of carboxylic acids is 1. The Morgan fingerprint density at radius 3 is 2.13 bits per heavy atom. The second-order valence-electron chi connectivity index (χ2n) is 3.98. The van der Waals surface area contributed by atoms with Crippen LogP contribution in [-0.2, 0) is 9.59 Å². The van der Waals surface area contributed by atoms with E-state index in [9.17, 15) is 14.7 Å². The zero-order valence-electron chi connectivity index (χ0n) is 8.59. The number of carboxylic acid groups (broad SMARTS) is 1. The summed E-state index contributed by atoms with van der Waals surface area (Å²) >= 11 is 5.37. The van der Waals surface area contributed by atoms with Crippen molar-refractivity contribution in [1.29, 1.82) is 0 Å². The molecule has 2 N–H and O–H groups in total. The van der Waals surface area contributed by atoms with Gasteiger partial charge in [0.15, 0.2) is 0 Å². The summed E-state index contributed by atoms with van der Waals surface area (Å²) in [6.45, 7) is 0. The van der Waals surface area contributed by atoms with E-state index in [1.54, 1.807) is 0 Å². The predicted molar refractivity (Wildman–Crippen MR) is 56.9 cm³/mol. The Labute approximate surface area is 94.0 Å². The smallest absolute Gasteiger partial charge is 0.329 e. The lowest BCUT2D eigenvalue weighted by atomic mass is 9.90. The summed E-state index contributed by atoms with van der Waals surface area (Å²) in [5.41, 5.74) is -1.08. The van der Waals surface area contributed by atoms with Crippen LogP contribution in [0, 0.1) is 0 Å². The number of rotatable bonds is 3. The standard InChI is InChI=1S/C10H16ClNO3/c11-7-8(13)12-10(9(14)15)5-3-1-2-4-6-10/h1-7H2,(H,12,13)(H,14,15). The molecule has 1 aliphatic rings. The summed E-state index contributed by atoms with van der Waals surface area (Å²) in [5.74, 6) is -1.53. The molecule has 0 unspecified atom stereocenters. The van der Waals surface area contributed by atoms with E-state index in [0.717, 1.165) is 25.7 Å². The van der Waals surface area contributed by atoms with Crippen LogP contribution in [0.2, 0.25) is 0 Å². The average Bonchev–Trinajstić information content (AvgIpc) is 2.44. The molecule has 1 aliphatic carbocycles. The second-order valence-corrected chi connectivity index (χ2v) is 4.25. The lowest BCUT2D eigenvalue weighted by Gasteiger charge is -2.28. The highest BCUT2D eigenvalue weighted by atomic mass is 35.5. The van der Waals surface area contributed by atoms with E-state index in [1.807, 2.05) is 0 Å². The number of hydrogen-bond donors (Lipinski definition) is 2. The van der Waals surface area contributed by atoms with Crippen molar-refractivity contribution in [2.24, 2.45) is 0 Å². The van der Waals surface area contributed by atoms with Crippen LogP contribution in [-0.4, -0.2) is 28.4 Å². The van der Waals surface area contributed by atoms with Crippen molar-refractivity contribution in [2.45, 2.75) is 44.1 Å². The van der Waals surface area contributed by atoms with Gasteiger partial charge < -0.3 is 10.4 Å². The average molecular weight is 234 g/mol. The molecule has 0 saturated heterocycles. The molecule has 0 heterocycles. The van der Waals surface area contributed by atoms with E-state index in [4.69, 9.17) is 11.6 Å². The van der Waals surface area contributed by atoms with Crippen LogP contribution in [0.1, 0.15) is 38.5 Å². The largest absolute Gasteiger partial charge is 0.480 e. The molecule has 0 aliphatic heterocycles. The Bertz CT molecular complexity index is 247.